The molecule has 0 saturated heterocycles. The smallest absolute Gasteiger partial charge is 0.223 e. The molecule has 0 radical (unpaired) electrons. The van der Waals surface area contributed by atoms with E-state index in [9.17, 15) is 4.79 Å². The maximum atomic E-state index is 11.6. The number of amides is 1. The first-order chi connectivity index (χ1) is 10.5. The predicted octanol–water partition coefficient (Wildman–Crippen LogP) is 3.94. The number of rotatable bonds is 2. The van der Waals surface area contributed by atoms with Crippen LogP contribution in [0.25, 0.3) is 11.1 Å². The number of carbonyl (C=O) groups excluding carboxylic acids is 1. The molecule has 2 aromatic carbocycles. The van der Waals surface area contributed by atoms with Gasteiger partial charge in [0.2, 0.25) is 5.91 Å². The van der Waals surface area contributed by atoms with Crippen LogP contribution >= 0.6 is 11.6 Å². The zero-order chi connectivity index (χ0) is 15.9. The highest BCUT2D eigenvalue weighted by molar-refractivity contribution is 6.33. The van der Waals surface area contributed by atoms with E-state index in [1.807, 2.05) is 42.2 Å². The topological polar surface area (TPSA) is 46.3 Å². The lowest BCUT2D eigenvalue weighted by atomic mass is 9.98. The lowest BCUT2D eigenvalue weighted by molar-refractivity contribution is -0.116. The van der Waals surface area contributed by atoms with Gasteiger partial charge in [0.15, 0.2) is 0 Å². The van der Waals surface area contributed by atoms with E-state index in [-0.39, 0.29) is 11.9 Å². The normalized spacial score (nSPS) is 14.8. The molecule has 0 saturated carbocycles. The number of anilines is 1. The first-order valence-corrected chi connectivity index (χ1v) is 7.81. The highest BCUT2D eigenvalue weighted by Gasteiger charge is 2.22. The van der Waals surface area contributed by atoms with E-state index in [2.05, 4.69) is 6.07 Å². The van der Waals surface area contributed by atoms with Crippen LogP contribution in [-0.2, 0) is 11.2 Å². The van der Waals surface area contributed by atoms with Gasteiger partial charge in [-0.05, 0) is 54.3 Å². The molecular weight excluding hydrogens is 296 g/mol. The van der Waals surface area contributed by atoms with Crippen LogP contribution in [0.2, 0.25) is 5.02 Å². The Hall–Kier alpha value is -1.84. The Morgan fingerprint density at radius 1 is 1.27 bits per heavy atom. The van der Waals surface area contributed by atoms with Crippen molar-refractivity contribution in [2.45, 2.75) is 26.3 Å². The summed E-state index contributed by atoms with van der Waals surface area (Å²) >= 11 is 6.36. The molecule has 1 aliphatic heterocycles. The maximum absolute atomic E-state index is 11.6. The predicted molar refractivity (Wildman–Crippen MR) is 91.2 cm³/mol. The highest BCUT2D eigenvalue weighted by atomic mass is 35.5. The molecule has 1 aliphatic rings. The molecule has 1 amide bonds. The largest absolute Gasteiger partial charge is 0.324 e. The minimum atomic E-state index is -0.0290. The fourth-order valence-corrected chi connectivity index (χ4v) is 3.17. The van der Waals surface area contributed by atoms with Crippen LogP contribution in [0, 0.1) is 0 Å². The molecule has 0 aliphatic carbocycles. The number of hydrogen-bond donors (Lipinski definition) is 1. The first kappa shape index (κ1) is 15.1. The molecule has 0 aromatic heterocycles. The van der Waals surface area contributed by atoms with Gasteiger partial charge >= 0.3 is 0 Å². The first-order valence-electron chi connectivity index (χ1n) is 7.44. The van der Waals surface area contributed by atoms with Crippen LogP contribution in [-0.4, -0.2) is 12.5 Å². The molecule has 2 N–H and O–H groups in total. The zero-order valence-electron chi connectivity index (χ0n) is 12.8. The summed E-state index contributed by atoms with van der Waals surface area (Å²) in [5.41, 5.74) is 11.3. The summed E-state index contributed by atoms with van der Waals surface area (Å²) in [6, 6.07) is 12.0. The van der Waals surface area contributed by atoms with Crippen LogP contribution in [0.4, 0.5) is 5.69 Å². The second-order valence-corrected chi connectivity index (χ2v) is 6.20. The minimum absolute atomic E-state index is 0.0290. The van der Waals surface area contributed by atoms with E-state index in [1.165, 1.54) is 5.56 Å². The molecule has 2 aromatic rings. The SMILES string of the molecule is CC(=O)N1CCc2cc(-c3cc(C(C)N)ccc3Cl)ccc21. The third-order valence-corrected chi connectivity index (χ3v) is 4.51. The molecule has 1 heterocycles. The van der Waals surface area contributed by atoms with Gasteiger partial charge in [0.05, 0.1) is 0 Å². The van der Waals surface area contributed by atoms with Crippen LogP contribution in [0.15, 0.2) is 36.4 Å². The van der Waals surface area contributed by atoms with Crippen molar-refractivity contribution in [2.24, 2.45) is 5.73 Å². The summed E-state index contributed by atoms with van der Waals surface area (Å²) in [6.45, 7) is 4.31. The average molecular weight is 315 g/mol. The fourth-order valence-electron chi connectivity index (χ4n) is 2.94. The third-order valence-electron chi connectivity index (χ3n) is 4.18. The quantitative estimate of drug-likeness (QED) is 0.912. The van der Waals surface area contributed by atoms with Gasteiger partial charge in [-0.25, -0.2) is 0 Å². The van der Waals surface area contributed by atoms with Gasteiger partial charge < -0.3 is 10.6 Å². The molecule has 0 fully saturated rings. The molecule has 3 rings (SSSR count). The standard InChI is InChI=1S/C18H19ClN2O/c1-11(20)13-3-5-17(19)16(10-13)14-4-6-18-15(9-14)7-8-21(18)12(2)22/h3-6,9-11H,7-8,20H2,1-2H3. The van der Waals surface area contributed by atoms with Gasteiger partial charge in [-0.2, -0.15) is 0 Å². The number of halogens is 1. The third kappa shape index (κ3) is 2.62. The van der Waals surface area contributed by atoms with Crippen molar-refractivity contribution < 1.29 is 4.79 Å². The summed E-state index contributed by atoms with van der Waals surface area (Å²) in [7, 11) is 0. The number of carbonyl (C=O) groups is 1. The van der Waals surface area contributed by atoms with Crippen LogP contribution in [0.5, 0.6) is 0 Å². The Morgan fingerprint density at radius 3 is 2.73 bits per heavy atom. The second-order valence-electron chi connectivity index (χ2n) is 5.79. The van der Waals surface area contributed by atoms with Gasteiger partial charge in [-0.15, -0.1) is 0 Å². The fraction of sp³-hybridized carbons (Fsp3) is 0.278. The van der Waals surface area contributed by atoms with Gasteiger partial charge in [0.1, 0.15) is 0 Å². The summed E-state index contributed by atoms with van der Waals surface area (Å²) in [4.78, 5) is 13.4. The van der Waals surface area contributed by atoms with Crippen molar-refractivity contribution in [3.05, 3.63) is 52.5 Å². The molecule has 1 unspecified atom stereocenters. The highest BCUT2D eigenvalue weighted by Crippen LogP contribution is 2.35. The lowest BCUT2D eigenvalue weighted by Crippen LogP contribution is -2.25. The Labute approximate surface area is 135 Å². The van der Waals surface area contributed by atoms with Gasteiger partial charge in [-0.1, -0.05) is 23.7 Å². The van der Waals surface area contributed by atoms with Crippen molar-refractivity contribution in [2.75, 3.05) is 11.4 Å². The van der Waals surface area contributed by atoms with E-state index in [4.69, 9.17) is 17.3 Å². The van der Waals surface area contributed by atoms with E-state index in [0.29, 0.717) is 5.02 Å². The summed E-state index contributed by atoms with van der Waals surface area (Å²) < 4.78 is 0. The maximum Gasteiger partial charge on any atom is 0.223 e. The molecule has 4 heteroatoms. The van der Waals surface area contributed by atoms with E-state index < -0.39 is 0 Å². The number of fused-ring (bicyclic) bond motifs is 1. The Balaban J connectivity index is 2.04. The molecule has 3 nitrogen and oxygen atoms in total. The van der Waals surface area contributed by atoms with Crippen LogP contribution in [0.1, 0.15) is 31.0 Å². The van der Waals surface area contributed by atoms with Crippen LogP contribution < -0.4 is 10.6 Å². The Morgan fingerprint density at radius 2 is 2.05 bits per heavy atom. The molecule has 114 valence electrons. The zero-order valence-corrected chi connectivity index (χ0v) is 13.5. The van der Waals surface area contributed by atoms with E-state index >= 15 is 0 Å². The van der Waals surface area contributed by atoms with Crippen molar-refractivity contribution in [3.63, 3.8) is 0 Å². The Kier molecular flexibility index (Phi) is 3.94. The summed E-state index contributed by atoms with van der Waals surface area (Å²) in [5, 5.41) is 0.714. The molecule has 0 spiro atoms. The number of hydrogen-bond acceptors (Lipinski definition) is 2. The van der Waals surface area contributed by atoms with Gasteiger partial charge in [0, 0.05) is 35.8 Å². The molecular formula is C18H19ClN2O. The summed E-state index contributed by atoms with van der Waals surface area (Å²) in [5.74, 6) is 0.0866. The van der Waals surface area contributed by atoms with Crippen molar-refractivity contribution in [3.8, 4) is 11.1 Å². The number of benzene rings is 2. The van der Waals surface area contributed by atoms with Gasteiger partial charge in [0.25, 0.3) is 0 Å². The minimum Gasteiger partial charge on any atom is -0.324 e. The van der Waals surface area contributed by atoms with E-state index in [0.717, 1.165) is 35.3 Å². The molecule has 1 atom stereocenters. The molecule has 22 heavy (non-hydrogen) atoms. The van der Waals surface area contributed by atoms with Gasteiger partial charge in [-0.3, -0.25) is 4.79 Å². The second kappa shape index (κ2) is 5.75. The Bertz CT molecular complexity index is 740. The average Bonchev–Trinajstić information content (AvgIpc) is 2.90. The summed E-state index contributed by atoms with van der Waals surface area (Å²) in [6.07, 6.45) is 0.882. The van der Waals surface area contributed by atoms with Crippen molar-refractivity contribution in [1.82, 2.24) is 0 Å². The van der Waals surface area contributed by atoms with Crippen molar-refractivity contribution >= 4 is 23.2 Å². The lowest BCUT2D eigenvalue weighted by Gasteiger charge is -2.15. The van der Waals surface area contributed by atoms with E-state index in [1.54, 1.807) is 6.92 Å². The number of nitrogens with two attached hydrogens (primary N) is 1. The number of nitrogens with zero attached hydrogens (tertiary/aromatic N) is 1. The monoisotopic (exact) mass is 314 g/mol. The molecule has 0 bridgehead atoms. The van der Waals surface area contributed by atoms with Crippen molar-refractivity contribution in [1.29, 1.82) is 0 Å². The van der Waals surface area contributed by atoms with Crippen LogP contribution in [0.3, 0.4) is 0 Å².